The summed E-state index contributed by atoms with van der Waals surface area (Å²) in [7, 11) is 0. The Balaban J connectivity index is 2.85. The summed E-state index contributed by atoms with van der Waals surface area (Å²) >= 11 is 0. The molecule has 0 fully saturated rings. The molecule has 0 aliphatic rings. The van der Waals surface area contributed by atoms with Crippen molar-refractivity contribution in [1.82, 2.24) is 0 Å². The van der Waals surface area contributed by atoms with Crippen LogP contribution in [-0.4, -0.2) is 6.08 Å². The normalized spacial score (nSPS) is 9.77. The van der Waals surface area contributed by atoms with Crippen molar-refractivity contribution >= 4 is 11.8 Å². The first-order valence-corrected chi connectivity index (χ1v) is 4.39. The third-order valence-electron chi connectivity index (χ3n) is 1.73. The number of isocyanates is 1. The standard InChI is InChI=1S/C11H13NO/c1-9(2)6-10-4-3-5-11(7-10)12-8-13/h3-5,7,9H,6H2,1-2H3. The first-order chi connectivity index (χ1) is 6.22. The van der Waals surface area contributed by atoms with Gasteiger partial charge >= 0.3 is 0 Å². The predicted octanol–water partition coefficient (Wildman–Crippen LogP) is 2.85. The number of carbonyl (C=O) groups excluding carboxylic acids is 1. The van der Waals surface area contributed by atoms with Gasteiger partial charge in [0.25, 0.3) is 0 Å². The van der Waals surface area contributed by atoms with Crippen molar-refractivity contribution in [3.63, 3.8) is 0 Å². The highest BCUT2D eigenvalue weighted by Gasteiger charge is 1.98. The largest absolute Gasteiger partial charge is 0.240 e. The molecular weight excluding hydrogens is 162 g/mol. The summed E-state index contributed by atoms with van der Waals surface area (Å²) in [5, 5.41) is 0. The van der Waals surface area contributed by atoms with Gasteiger partial charge in [-0.05, 0) is 30.0 Å². The summed E-state index contributed by atoms with van der Waals surface area (Å²) in [4.78, 5) is 13.6. The third kappa shape index (κ3) is 3.22. The smallest absolute Gasteiger partial charge is 0.211 e. The Kier molecular flexibility index (Phi) is 3.41. The number of rotatable bonds is 3. The number of hydrogen-bond acceptors (Lipinski definition) is 2. The fourth-order valence-corrected chi connectivity index (χ4v) is 1.28. The van der Waals surface area contributed by atoms with Crippen molar-refractivity contribution in [2.75, 3.05) is 0 Å². The Hall–Kier alpha value is -1.40. The van der Waals surface area contributed by atoms with E-state index in [-0.39, 0.29) is 0 Å². The zero-order valence-electron chi connectivity index (χ0n) is 7.95. The van der Waals surface area contributed by atoms with E-state index in [2.05, 4.69) is 18.8 Å². The average molecular weight is 175 g/mol. The van der Waals surface area contributed by atoms with Crippen molar-refractivity contribution in [1.29, 1.82) is 0 Å². The van der Waals surface area contributed by atoms with Crippen LogP contribution in [0.2, 0.25) is 0 Å². The first-order valence-electron chi connectivity index (χ1n) is 4.39. The van der Waals surface area contributed by atoms with E-state index in [1.165, 1.54) is 11.6 Å². The molecule has 0 unspecified atom stereocenters. The highest BCUT2D eigenvalue weighted by atomic mass is 16.1. The Morgan fingerprint density at radius 2 is 2.23 bits per heavy atom. The van der Waals surface area contributed by atoms with Gasteiger partial charge in [-0.25, -0.2) is 4.79 Å². The molecule has 0 spiro atoms. The lowest BCUT2D eigenvalue weighted by atomic mass is 10.0. The van der Waals surface area contributed by atoms with Crippen molar-refractivity contribution in [2.24, 2.45) is 10.9 Å². The number of hydrogen-bond donors (Lipinski definition) is 0. The van der Waals surface area contributed by atoms with Crippen LogP contribution in [0.1, 0.15) is 19.4 Å². The topological polar surface area (TPSA) is 29.4 Å². The lowest BCUT2D eigenvalue weighted by Gasteiger charge is -2.04. The third-order valence-corrected chi connectivity index (χ3v) is 1.73. The minimum absolute atomic E-state index is 0.621. The van der Waals surface area contributed by atoms with Crippen LogP contribution in [0.25, 0.3) is 0 Å². The van der Waals surface area contributed by atoms with Gasteiger partial charge in [0.05, 0.1) is 5.69 Å². The minimum Gasteiger partial charge on any atom is -0.211 e. The molecule has 0 saturated heterocycles. The Morgan fingerprint density at radius 1 is 1.46 bits per heavy atom. The van der Waals surface area contributed by atoms with Gasteiger partial charge in [-0.3, -0.25) is 0 Å². The van der Waals surface area contributed by atoms with E-state index in [9.17, 15) is 4.79 Å². The zero-order chi connectivity index (χ0) is 9.68. The highest BCUT2D eigenvalue weighted by molar-refractivity contribution is 5.49. The van der Waals surface area contributed by atoms with E-state index in [1.807, 2.05) is 18.2 Å². The maximum atomic E-state index is 10.0. The molecule has 0 aliphatic carbocycles. The van der Waals surface area contributed by atoms with Crippen LogP contribution >= 0.6 is 0 Å². The monoisotopic (exact) mass is 175 g/mol. The summed E-state index contributed by atoms with van der Waals surface area (Å²) in [5.41, 5.74) is 1.90. The van der Waals surface area contributed by atoms with Crippen molar-refractivity contribution in [3.05, 3.63) is 29.8 Å². The zero-order valence-corrected chi connectivity index (χ0v) is 7.95. The Bertz CT molecular complexity index is 325. The van der Waals surface area contributed by atoms with Crippen LogP contribution < -0.4 is 0 Å². The van der Waals surface area contributed by atoms with Gasteiger partial charge in [-0.2, -0.15) is 4.99 Å². The Morgan fingerprint density at radius 3 is 2.85 bits per heavy atom. The fraction of sp³-hybridized carbons (Fsp3) is 0.364. The molecule has 0 bridgehead atoms. The molecule has 0 aromatic heterocycles. The maximum absolute atomic E-state index is 10.0. The molecule has 0 N–H and O–H groups in total. The Labute approximate surface area is 78.3 Å². The highest BCUT2D eigenvalue weighted by Crippen LogP contribution is 2.15. The summed E-state index contributed by atoms with van der Waals surface area (Å²) in [6.07, 6.45) is 2.56. The van der Waals surface area contributed by atoms with Gasteiger partial charge in [0, 0.05) is 0 Å². The molecule has 2 nitrogen and oxygen atoms in total. The van der Waals surface area contributed by atoms with Crippen LogP contribution in [0.5, 0.6) is 0 Å². The predicted molar refractivity (Wildman–Crippen MR) is 52.8 cm³/mol. The van der Waals surface area contributed by atoms with Crippen LogP contribution in [0.3, 0.4) is 0 Å². The average Bonchev–Trinajstić information content (AvgIpc) is 2.04. The van der Waals surface area contributed by atoms with Gasteiger partial charge in [0.1, 0.15) is 0 Å². The summed E-state index contributed by atoms with van der Waals surface area (Å²) < 4.78 is 0. The van der Waals surface area contributed by atoms with Crippen LogP contribution in [0.4, 0.5) is 5.69 Å². The van der Waals surface area contributed by atoms with Crippen molar-refractivity contribution in [3.8, 4) is 0 Å². The lowest BCUT2D eigenvalue weighted by Crippen LogP contribution is -1.92. The molecule has 0 amide bonds. The van der Waals surface area contributed by atoms with Gasteiger partial charge < -0.3 is 0 Å². The van der Waals surface area contributed by atoms with E-state index in [0.29, 0.717) is 11.6 Å². The van der Waals surface area contributed by atoms with E-state index < -0.39 is 0 Å². The lowest BCUT2D eigenvalue weighted by molar-refractivity contribution is 0.565. The fourth-order valence-electron chi connectivity index (χ4n) is 1.28. The van der Waals surface area contributed by atoms with Crippen molar-refractivity contribution < 1.29 is 4.79 Å². The second-order valence-electron chi connectivity index (χ2n) is 3.47. The minimum atomic E-state index is 0.621. The van der Waals surface area contributed by atoms with Crippen LogP contribution in [-0.2, 0) is 11.2 Å². The van der Waals surface area contributed by atoms with Gasteiger partial charge in [0.2, 0.25) is 6.08 Å². The number of aliphatic imine (C=N–C) groups is 1. The molecule has 1 aromatic carbocycles. The SMILES string of the molecule is CC(C)Cc1cccc(N=C=O)c1. The van der Waals surface area contributed by atoms with Crippen LogP contribution in [0, 0.1) is 5.92 Å². The summed E-state index contributed by atoms with van der Waals surface area (Å²) in [5.74, 6) is 0.621. The molecule has 68 valence electrons. The van der Waals surface area contributed by atoms with E-state index in [1.54, 1.807) is 6.07 Å². The molecule has 0 radical (unpaired) electrons. The van der Waals surface area contributed by atoms with Crippen LogP contribution in [0.15, 0.2) is 29.3 Å². The van der Waals surface area contributed by atoms with E-state index >= 15 is 0 Å². The second-order valence-corrected chi connectivity index (χ2v) is 3.47. The molecule has 2 heteroatoms. The second kappa shape index (κ2) is 4.58. The molecule has 1 aromatic rings. The van der Waals surface area contributed by atoms with Crippen molar-refractivity contribution in [2.45, 2.75) is 20.3 Å². The quantitative estimate of drug-likeness (QED) is 0.513. The molecule has 0 atom stereocenters. The van der Waals surface area contributed by atoms with Gasteiger partial charge in [-0.15, -0.1) is 0 Å². The van der Waals surface area contributed by atoms with E-state index in [4.69, 9.17) is 0 Å². The molecule has 0 saturated carbocycles. The summed E-state index contributed by atoms with van der Waals surface area (Å²) in [6.45, 7) is 4.32. The molecule has 0 aliphatic heterocycles. The van der Waals surface area contributed by atoms with E-state index in [0.717, 1.165) is 6.42 Å². The van der Waals surface area contributed by atoms with Gasteiger partial charge in [-0.1, -0.05) is 26.0 Å². The molecule has 1 rings (SSSR count). The molecule has 13 heavy (non-hydrogen) atoms. The molecule has 0 heterocycles. The summed E-state index contributed by atoms with van der Waals surface area (Å²) in [6, 6.07) is 7.68. The maximum Gasteiger partial charge on any atom is 0.240 e. The van der Waals surface area contributed by atoms with Gasteiger partial charge in [0.15, 0.2) is 0 Å². The first kappa shape index (κ1) is 9.69. The number of nitrogens with zero attached hydrogens (tertiary/aromatic N) is 1. The number of benzene rings is 1. The molecular formula is C11H13NO.